The van der Waals surface area contributed by atoms with E-state index in [1.54, 1.807) is 0 Å². The van der Waals surface area contributed by atoms with Crippen LogP contribution in [0.1, 0.15) is 245 Å². The summed E-state index contributed by atoms with van der Waals surface area (Å²) in [5.74, 6) is -2.28. The quantitative estimate of drug-likeness (QED) is 0.0195. The van der Waals surface area contributed by atoms with E-state index in [0.29, 0.717) is 17.4 Å². The van der Waals surface area contributed by atoms with Gasteiger partial charge in [0.15, 0.2) is 12.4 Å². The summed E-state index contributed by atoms with van der Waals surface area (Å²) in [5.41, 5.74) is 0. The first kappa shape index (κ1) is 59.0. The lowest BCUT2D eigenvalue weighted by Gasteiger charge is -2.26. The van der Waals surface area contributed by atoms with Crippen LogP contribution in [0, 0.1) is 0 Å². The molecule has 0 heterocycles. The monoisotopic (exact) mass is 866 g/mol. The molecule has 9 nitrogen and oxygen atoms in total. The van der Waals surface area contributed by atoms with Crippen molar-refractivity contribution in [2.45, 2.75) is 257 Å². The zero-order chi connectivity index (χ0) is 44.9. The third kappa shape index (κ3) is 45.9. The predicted molar refractivity (Wildman–Crippen MR) is 251 cm³/mol. The van der Waals surface area contributed by atoms with Gasteiger partial charge in [0.1, 0.15) is 13.2 Å². The van der Waals surface area contributed by atoms with Crippen LogP contribution in [0.5, 0.6) is 0 Å². The van der Waals surface area contributed by atoms with Gasteiger partial charge in [-0.2, -0.15) is 0 Å². The normalized spacial score (nSPS) is 12.9. The summed E-state index contributed by atoms with van der Waals surface area (Å²) in [6.07, 6.45) is 46.1. The van der Waals surface area contributed by atoms with Gasteiger partial charge in [0.2, 0.25) is 0 Å². The van der Waals surface area contributed by atoms with Crippen LogP contribution in [0.4, 0.5) is 0 Å². The third-order valence-electron chi connectivity index (χ3n) is 11.5. The van der Waals surface area contributed by atoms with E-state index < -0.39 is 24.3 Å². The van der Waals surface area contributed by atoms with E-state index in [-0.39, 0.29) is 32.2 Å². The van der Waals surface area contributed by atoms with E-state index in [1.165, 1.54) is 167 Å². The zero-order valence-corrected chi connectivity index (χ0v) is 40.8. The Balaban J connectivity index is 3.90. The SMILES string of the molecule is CCCCCCCCCC/C=C\CCCCCCCCCCCCCCCCCCCCCC(=O)OC(COC(=O)CCCCCCC)COC(OCC[N+](C)(C)C)C(=O)[O-]. The average molecular weight is 866 g/mol. The summed E-state index contributed by atoms with van der Waals surface area (Å²) in [6.45, 7) is 4.67. The molecular formula is C52H99NO8. The van der Waals surface area contributed by atoms with Gasteiger partial charge < -0.3 is 33.3 Å². The Bertz CT molecular complexity index is 1010. The molecule has 2 unspecified atom stereocenters. The molecule has 0 aromatic heterocycles. The van der Waals surface area contributed by atoms with Crippen LogP contribution in [0.25, 0.3) is 0 Å². The van der Waals surface area contributed by atoms with Crippen molar-refractivity contribution in [1.82, 2.24) is 0 Å². The number of hydrogen-bond donors (Lipinski definition) is 0. The van der Waals surface area contributed by atoms with Crippen molar-refractivity contribution in [3.63, 3.8) is 0 Å². The summed E-state index contributed by atoms with van der Waals surface area (Å²) in [6, 6.07) is 0. The molecule has 0 fully saturated rings. The number of nitrogens with zero attached hydrogens (tertiary/aromatic N) is 1. The molecule has 0 radical (unpaired) electrons. The number of carboxylic acids is 1. The Hall–Kier alpha value is -1.97. The Morgan fingerprint density at radius 1 is 0.475 bits per heavy atom. The lowest BCUT2D eigenvalue weighted by atomic mass is 10.0. The fourth-order valence-electron chi connectivity index (χ4n) is 7.47. The number of hydrogen-bond acceptors (Lipinski definition) is 8. The molecular weight excluding hydrogens is 767 g/mol. The Kier molecular flexibility index (Phi) is 43.2. The molecule has 0 aromatic carbocycles. The summed E-state index contributed by atoms with van der Waals surface area (Å²) in [4.78, 5) is 36.7. The number of carbonyl (C=O) groups is 3. The van der Waals surface area contributed by atoms with Gasteiger partial charge in [0, 0.05) is 12.8 Å². The second-order valence-corrected chi connectivity index (χ2v) is 18.8. The van der Waals surface area contributed by atoms with Crippen molar-refractivity contribution >= 4 is 17.9 Å². The number of aliphatic carboxylic acids is 1. The molecule has 9 heteroatoms. The number of unbranched alkanes of at least 4 members (excludes halogenated alkanes) is 31. The van der Waals surface area contributed by atoms with E-state index in [0.717, 1.165) is 51.4 Å². The lowest BCUT2D eigenvalue weighted by molar-refractivity contribution is -0.870. The third-order valence-corrected chi connectivity index (χ3v) is 11.5. The molecule has 0 amide bonds. The minimum absolute atomic E-state index is 0.151. The number of carboxylic acid groups (broad SMARTS) is 1. The van der Waals surface area contributed by atoms with Crippen LogP contribution in [0.2, 0.25) is 0 Å². The molecule has 61 heavy (non-hydrogen) atoms. The topological polar surface area (TPSA) is 111 Å². The minimum Gasteiger partial charge on any atom is -0.545 e. The van der Waals surface area contributed by atoms with E-state index >= 15 is 0 Å². The highest BCUT2D eigenvalue weighted by molar-refractivity contribution is 5.70. The first-order chi connectivity index (χ1) is 29.6. The second-order valence-electron chi connectivity index (χ2n) is 18.8. The van der Waals surface area contributed by atoms with Gasteiger partial charge in [-0.05, 0) is 38.5 Å². The molecule has 0 rings (SSSR count). The predicted octanol–water partition coefficient (Wildman–Crippen LogP) is 12.9. The molecule has 0 saturated heterocycles. The maximum absolute atomic E-state index is 12.7. The van der Waals surface area contributed by atoms with Gasteiger partial charge in [-0.15, -0.1) is 0 Å². The fraction of sp³-hybridized carbons (Fsp3) is 0.904. The van der Waals surface area contributed by atoms with Crippen molar-refractivity contribution < 1.29 is 42.9 Å². The second kappa shape index (κ2) is 44.6. The van der Waals surface area contributed by atoms with Gasteiger partial charge in [0.25, 0.3) is 0 Å². The molecule has 0 spiro atoms. The maximum Gasteiger partial charge on any atom is 0.306 e. The molecule has 0 aliphatic carbocycles. The van der Waals surface area contributed by atoms with Gasteiger partial charge >= 0.3 is 11.9 Å². The van der Waals surface area contributed by atoms with E-state index in [9.17, 15) is 19.5 Å². The molecule has 0 saturated carbocycles. The van der Waals surface area contributed by atoms with Gasteiger partial charge in [-0.1, -0.05) is 206 Å². The molecule has 0 aliphatic rings. The molecule has 2 atom stereocenters. The van der Waals surface area contributed by atoms with Crippen molar-refractivity contribution in [3.05, 3.63) is 12.2 Å². The van der Waals surface area contributed by atoms with Crippen LogP contribution < -0.4 is 5.11 Å². The number of rotatable bonds is 48. The summed E-state index contributed by atoms with van der Waals surface area (Å²) in [7, 11) is 5.91. The number of allylic oxidation sites excluding steroid dienone is 2. The van der Waals surface area contributed by atoms with Crippen LogP contribution in [-0.4, -0.2) is 82.3 Å². The maximum atomic E-state index is 12.7. The molecule has 360 valence electrons. The highest BCUT2D eigenvalue weighted by Crippen LogP contribution is 2.16. The molecule has 0 bridgehead atoms. The molecule has 0 aliphatic heterocycles. The van der Waals surface area contributed by atoms with Crippen molar-refractivity contribution in [2.75, 3.05) is 47.5 Å². The van der Waals surface area contributed by atoms with E-state index in [2.05, 4.69) is 26.0 Å². The standard InChI is InChI=1S/C52H99NO8/c1-6-8-10-12-13-14-15-16-17-18-19-20-21-22-23-24-25-26-27-28-29-30-31-32-33-34-35-36-37-39-41-43-50(55)61-48(46-59-49(54)42-40-38-11-9-7-2)47-60-52(51(56)57)58-45-44-53(3,4)5/h18-19,48,52H,6-17,20-47H2,1-5H3/b19-18-. The van der Waals surface area contributed by atoms with Gasteiger partial charge in [-0.3, -0.25) is 9.59 Å². The number of likely N-dealkylation sites (N-methyl/N-ethyl adjacent to an activating group) is 1. The average Bonchev–Trinajstić information content (AvgIpc) is 3.22. The highest BCUT2D eigenvalue weighted by atomic mass is 16.7. The van der Waals surface area contributed by atoms with Crippen LogP contribution in [0.15, 0.2) is 12.2 Å². The first-order valence-corrected chi connectivity index (χ1v) is 25.8. The lowest BCUT2D eigenvalue weighted by Crippen LogP contribution is -2.44. The largest absolute Gasteiger partial charge is 0.545 e. The Morgan fingerprint density at radius 3 is 1.21 bits per heavy atom. The zero-order valence-electron chi connectivity index (χ0n) is 40.8. The first-order valence-electron chi connectivity index (χ1n) is 25.8. The number of ether oxygens (including phenoxy) is 4. The van der Waals surface area contributed by atoms with E-state index in [1.807, 2.05) is 21.1 Å². The highest BCUT2D eigenvalue weighted by Gasteiger charge is 2.22. The Morgan fingerprint density at radius 2 is 0.836 bits per heavy atom. The summed E-state index contributed by atoms with van der Waals surface area (Å²) < 4.78 is 22.4. The van der Waals surface area contributed by atoms with E-state index in [4.69, 9.17) is 18.9 Å². The van der Waals surface area contributed by atoms with Gasteiger partial charge in [0.05, 0.1) is 40.3 Å². The van der Waals surface area contributed by atoms with Crippen LogP contribution in [0.3, 0.4) is 0 Å². The molecule has 0 N–H and O–H groups in total. The summed E-state index contributed by atoms with van der Waals surface area (Å²) in [5, 5.41) is 11.6. The van der Waals surface area contributed by atoms with Crippen LogP contribution in [-0.2, 0) is 33.3 Å². The van der Waals surface area contributed by atoms with Crippen molar-refractivity contribution in [3.8, 4) is 0 Å². The Labute approximate surface area is 376 Å². The molecule has 0 aromatic rings. The number of carbonyl (C=O) groups excluding carboxylic acids is 3. The van der Waals surface area contributed by atoms with Crippen molar-refractivity contribution in [1.29, 1.82) is 0 Å². The fourth-order valence-corrected chi connectivity index (χ4v) is 7.47. The smallest absolute Gasteiger partial charge is 0.306 e. The van der Waals surface area contributed by atoms with Gasteiger partial charge in [-0.25, -0.2) is 0 Å². The van der Waals surface area contributed by atoms with Crippen LogP contribution >= 0.6 is 0 Å². The minimum atomic E-state index is -1.61. The summed E-state index contributed by atoms with van der Waals surface area (Å²) >= 11 is 0. The number of esters is 2. The van der Waals surface area contributed by atoms with Crippen molar-refractivity contribution in [2.24, 2.45) is 0 Å². The number of quaternary nitrogens is 1.